The summed E-state index contributed by atoms with van der Waals surface area (Å²) < 4.78 is 28.6. The second-order valence-electron chi connectivity index (χ2n) is 1.63. The minimum absolute atomic E-state index is 0.0428. The van der Waals surface area contributed by atoms with Crippen molar-refractivity contribution >= 4 is 0 Å². The lowest BCUT2D eigenvalue weighted by Gasteiger charge is -2.10. The van der Waals surface area contributed by atoms with Crippen molar-refractivity contribution in [3.05, 3.63) is 0 Å². The molecule has 1 radical (unpaired) electrons. The molecule has 0 saturated carbocycles. The van der Waals surface area contributed by atoms with E-state index in [4.69, 9.17) is 0 Å². The molecule has 0 spiro atoms. The molecule has 1 fully saturated rings. The fraction of sp³-hybridized carbons (Fsp3) is 1.00. The van der Waals surface area contributed by atoms with Crippen LogP contribution < -0.4 is 5.12 Å². The highest BCUT2D eigenvalue weighted by Gasteiger charge is 2.33. The average Bonchev–Trinajstić information content (AvgIpc) is 1.77. The Morgan fingerprint density at radius 3 is 2.75 bits per heavy atom. The normalized spacial score (nSPS) is 33.0. The molecule has 1 saturated heterocycles. The fourth-order valence-corrected chi connectivity index (χ4v) is 0.553. The lowest BCUT2D eigenvalue weighted by molar-refractivity contribution is -0.0872. The van der Waals surface area contributed by atoms with Crippen molar-refractivity contribution in [2.24, 2.45) is 0 Å². The van der Waals surface area contributed by atoms with Crippen LogP contribution in [0.1, 0.15) is 0 Å². The fourth-order valence-electron chi connectivity index (χ4n) is 0.553. The van der Waals surface area contributed by atoms with Crippen LogP contribution in [0.15, 0.2) is 0 Å². The highest BCUT2D eigenvalue weighted by Crippen LogP contribution is 2.03. The molecule has 0 bridgehead atoms. The number of alkyl halides is 1. The van der Waals surface area contributed by atoms with Crippen LogP contribution in [0.4, 0.5) is 8.87 Å². The first-order valence-electron chi connectivity index (χ1n) is 2.45. The van der Waals surface area contributed by atoms with Gasteiger partial charge in [-0.3, -0.25) is 0 Å². The first-order chi connectivity index (χ1) is 3.80. The number of ether oxygens (including phenoxy) is 1. The molecular weight excluding hydrogens is 116 g/mol. The minimum Gasteiger partial charge on any atom is -0.366 e. The van der Waals surface area contributed by atoms with Crippen molar-refractivity contribution in [3.63, 3.8) is 0 Å². The molecule has 1 aliphatic rings. The molecule has 0 aromatic carbocycles. The van der Waals surface area contributed by atoms with Crippen molar-refractivity contribution in [1.29, 1.82) is 0 Å². The number of rotatable bonds is 0. The van der Waals surface area contributed by atoms with Crippen molar-refractivity contribution < 1.29 is 13.6 Å². The van der Waals surface area contributed by atoms with Crippen LogP contribution in [0.3, 0.4) is 0 Å². The maximum Gasteiger partial charge on any atom is 0.338 e. The molecule has 0 aromatic heterocycles. The summed E-state index contributed by atoms with van der Waals surface area (Å²) >= 11 is 0. The second kappa shape index (κ2) is 2.37. The standard InChI is InChI=1S/C4H7F2NO/c5-4-3-8-2-1-7(4)6/h4H,1-3H2/q+1. The van der Waals surface area contributed by atoms with Gasteiger partial charge in [0.2, 0.25) is 0 Å². The summed E-state index contributed by atoms with van der Waals surface area (Å²) in [6, 6.07) is 0. The predicted molar refractivity (Wildman–Crippen MR) is 23.8 cm³/mol. The smallest absolute Gasteiger partial charge is 0.338 e. The van der Waals surface area contributed by atoms with Gasteiger partial charge in [0.05, 0.1) is 9.60 Å². The SMILES string of the molecule is FC1COCC[N+]1F. The van der Waals surface area contributed by atoms with Gasteiger partial charge < -0.3 is 4.74 Å². The van der Waals surface area contributed by atoms with E-state index < -0.39 is 6.30 Å². The van der Waals surface area contributed by atoms with E-state index in [0.29, 0.717) is 0 Å². The zero-order chi connectivity index (χ0) is 5.98. The number of hydrogen-bond donors (Lipinski definition) is 0. The highest BCUT2D eigenvalue weighted by molar-refractivity contribution is 4.60. The van der Waals surface area contributed by atoms with Gasteiger partial charge in [0, 0.05) is 0 Å². The van der Waals surface area contributed by atoms with Crippen LogP contribution in [0.25, 0.3) is 0 Å². The molecule has 1 heterocycles. The largest absolute Gasteiger partial charge is 0.366 e. The van der Waals surface area contributed by atoms with Gasteiger partial charge in [-0.25, -0.2) is 0 Å². The number of morpholine rings is 1. The van der Waals surface area contributed by atoms with Gasteiger partial charge in [-0.1, -0.05) is 0 Å². The van der Waals surface area contributed by atoms with Crippen LogP contribution in [-0.2, 0) is 4.74 Å². The van der Waals surface area contributed by atoms with Gasteiger partial charge >= 0.3 is 6.30 Å². The first-order valence-corrected chi connectivity index (χ1v) is 2.45. The van der Waals surface area contributed by atoms with E-state index in [0.717, 1.165) is 0 Å². The molecular formula is C4H7F2NO+. The maximum absolute atomic E-state index is 12.0. The number of nitrogens with zero attached hydrogens (tertiary/aromatic N) is 1. The second-order valence-corrected chi connectivity index (χ2v) is 1.63. The van der Waals surface area contributed by atoms with Gasteiger partial charge in [-0.2, -0.15) is 4.39 Å². The van der Waals surface area contributed by atoms with Crippen molar-refractivity contribution in [2.45, 2.75) is 6.30 Å². The Hall–Kier alpha value is -0.220. The van der Waals surface area contributed by atoms with E-state index in [-0.39, 0.29) is 24.9 Å². The molecule has 0 amide bonds. The Kier molecular flexibility index (Phi) is 1.75. The molecule has 47 valence electrons. The summed E-state index contributed by atoms with van der Waals surface area (Å²) in [7, 11) is 0. The third-order valence-electron chi connectivity index (χ3n) is 1.01. The molecule has 1 unspecified atom stereocenters. The predicted octanol–water partition coefficient (Wildman–Crippen LogP) is 0.337. The lowest BCUT2D eigenvalue weighted by atomic mass is 10.5. The Morgan fingerprint density at radius 1 is 1.62 bits per heavy atom. The van der Waals surface area contributed by atoms with Gasteiger partial charge in [-0.05, 0) is 0 Å². The third kappa shape index (κ3) is 1.14. The summed E-state index contributed by atoms with van der Waals surface area (Å²) in [5, 5.41) is 0.142. The zero-order valence-corrected chi connectivity index (χ0v) is 4.31. The van der Waals surface area contributed by atoms with Crippen molar-refractivity contribution in [1.82, 2.24) is 5.12 Å². The van der Waals surface area contributed by atoms with E-state index in [9.17, 15) is 8.87 Å². The molecule has 2 nitrogen and oxygen atoms in total. The minimum atomic E-state index is -1.55. The molecule has 0 aliphatic carbocycles. The molecule has 8 heavy (non-hydrogen) atoms. The molecule has 0 N–H and O–H groups in total. The van der Waals surface area contributed by atoms with E-state index in [1.807, 2.05) is 0 Å². The number of hydrogen-bond acceptors (Lipinski definition) is 2. The van der Waals surface area contributed by atoms with Crippen LogP contribution in [0, 0.1) is 0 Å². The van der Waals surface area contributed by atoms with E-state index in [2.05, 4.69) is 4.74 Å². The summed E-state index contributed by atoms with van der Waals surface area (Å²) in [6.07, 6.45) is -1.55. The maximum atomic E-state index is 12.0. The van der Waals surface area contributed by atoms with Crippen molar-refractivity contribution in [3.8, 4) is 0 Å². The Bertz CT molecular complexity index is 70.4. The van der Waals surface area contributed by atoms with Crippen LogP contribution >= 0.6 is 0 Å². The van der Waals surface area contributed by atoms with Crippen LogP contribution in [0.2, 0.25) is 0 Å². The quantitative estimate of drug-likeness (QED) is 0.335. The van der Waals surface area contributed by atoms with E-state index >= 15 is 0 Å². The molecule has 1 rings (SSSR count). The summed E-state index contributed by atoms with van der Waals surface area (Å²) in [5.41, 5.74) is 0. The highest BCUT2D eigenvalue weighted by atomic mass is 19.2. The molecule has 4 heteroatoms. The van der Waals surface area contributed by atoms with Crippen LogP contribution in [-0.4, -0.2) is 26.1 Å². The van der Waals surface area contributed by atoms with Gasteiger partial charge in [0.15, 0.2) is 6.54 Å². The molecule has 1 aliphatic heterocycles. The lowest BCUT2D eigenvalue weighted by Crippen LogP contribution is -2.41. The average molecular weight is 123 g/mol. The van der Waals surface area contributed by atoms with E-state index in [1.54, 1.807) is 0 Å². The topological polar surface area (TPSA) is 15.1 Å². The Labute approximate surface area is 46.0 Å². The third-order valence-corrected chi connectivity index (χ3v) is 1.01. The van der Waals surface area contributed by atoms with E-state index in [1.165, 1.54) is 0 Å². The van der Waals surface area contributed by atoms with Gasteiger partial charge in [0.25, 0.3) is 0 Å². The molecule has 0 aromatic rings. The monoisotopic (exact) mass is 123 g/mol. The van der Waals surface area contributed by atoms with Crippen LogP contribution in [0.5, 0.6) is 0 Å². The first kappa shape index (κ1) is 5.91. The summed E-state index contributed by atoms with van der Waals surface area (Å²) in [4.78, 5) is 0. The Morgan fingerprint density at radius 2 is 2.38 bits per heavy atom. The van der Waals surface area contributed by atoms with Gasteiger partial charge in [0.1, 0.15) is 13.2 Å². The summed E-state index contributed by atoms with van der Waals surface area (Å²) in [5.74, 6) is 0. The molecule has 1 atom stereocenters. The van der Waals surface area contributed by atoms with Crippen molar-refractivity contribution in [2.75, 3.05) is 19.8 Å². The number of halogens is 2. The summed E-state index contributed by atoms with van der Waals surface area (Å²) in [6.45, 7) is 0.189. The zero-order valence-electron chi connectivity index (χ0n) is 4.31. The van der Waals surface area contributed by atoms with Gasteiger partial charge in [-0.15, -0.1) is 0 Å². The Balaban J connectivity index is 2.28.